The first kappa shape index (κ1) is 10.7. The molecule has 0 aliphatic carbocycles. The first-order valence-electron chi connectivity index (χ1n) is 4.38. The normalized spacial score (nSPS) is 12.2. The predicted molar refractivity (Wildman–Crippen MR) is 52.5 cm³/mol. The number of carbonyl (C=O) groups excluding carboxylic acids is 1. The van der Waals surface area contributed by atoms with E-state index in [4.69, 9.17) is 5.73 Å². The number of aryl methyl sites for hydroxylation is 1. The lowest BCUT2D eigenvalue weighted by atomic mass is 10.1. The summed E-state index contributed by atoms with van der Waals surface area (Å²) in [7, 11) is 1.35. The van der Waals surface area contributed by atoms with Crippen LogP contribution in [0.4, 0.5) is 0 Å². The summed E-state index contributed by atoms with van der Waals surface area (Å²) in [5.74, 6) is -0.319. The number of nitrogens with two attached hydrogens (primary N) is 1. The van der Waals surface area contributed by atoms with Crippen molar-refractivity contribution in [2.24, 2.45) is 5.73 Å². The second kappa shape index (κ2) is 4.72. The van der Waals surface area contributed by atoms with Gasteiger partial charge in [-0.15, -0.1) is 0 Å². The second-order valence-corrected chi connectivity index (χ2v) is 3.14. The molecule has 1 aromatic heterocycles. The Morgan fingerprint density at radius 2 is 2.43 bits per heavy atom. The zero-order valence-corrected chi connectivity index (χ0v) is 8.36. The Bertz CT molecular complexity index is 326. The summed E-state index contributed by atoms with van der Waals surface area (Å²) in [4.78, 5) is 15.0. The van der Waals surface area contributed by atoms with Gasteiger partial charge in [0.2, 0.25) is 0 Å². The lowest BCUT2D eigenvalue weighted by molar-refractivity contribution is -0.141. The van der Waals surface area contributed by atoms with Crippen LogP contribution in [0.2, 0.25) is 0 Å². The van der Waals surface area contributed by atoms with E-state index in [0.29, 0.717) is 0 Å². The van der Waals surface area contributed by atoms with E-state index in [1.54, 1.807) is 6.20 Å². The van der Waals surface area contributed by atoms with Crippen LogP contribution in [0.3, 0.4) is 0 Å². The van der Waals surface area contributed by atoms with Crippen molar-refractivity contribution in [2.45, 2.75) is 19.4 Å². The van der Waals surface area contributed by atoms with Gasteiger partial charge in [-0.3, -0.25) is 9.78 Å². The fourth-order valence-corrected chi connectivity index (χ4v) is 1.13. The summed E-state index contributed by atoms with van der Waals surface area (Å²) in [6, 6.07) is 3.37. The Morgan fingerprint density at radius 1 is 1.71 bits per heavy atom. The van der Waals surface area contributed by atoms with Crippen LogP contribution in [0.25, 0.3) is 0 Å². The zero-order chi connectivity index (χ0) is 10.6. The van der Waals surface area contributed by atoms with Crippen molar-refractivity contribution in [3.63, 3.8) is 0 Å². The van der Waals surface area contributed by atoms with E-state index < -0.39 is 0 Å². The first-order chi connectivity index (χ1) is 6.63. The summed E-state index contributed by atoms with van der Waals surface area (Å²) < 4.78 is 4.53. The van der Waals surface area contributed by atoms with Crippen molar-refractivity contribution in [2.75, 3.05) is 7.11 Å². The molecule has 0 aliphatic heterocycles. The molecule has 0 saturated heterocycles. The van der Waals surface area contributed by atoms with Gasteiger partial charge in [0.05, 0.1) is 25.3 Å². The van der Waals surface area contributed by atoms with Gasteiger partial charge < -0.3 is 10.5 Å². The SMILES string of the molecule is COC(=O)C[C@@H](N)c1cc(C)ccn1. The number of pyridine rings is 1. The molecule has 0 spiro atoms. The maximum atomic E-state index is 11.0. The molecule has 0 unspecified atom stereocenters. The molecule has 0 radical (unpaired) electrons. The van der Waals surface area contributed by atoms with Crippen LogP contribution in [0, 0.1) is 6.92 Å². The third-order valence-corrected chi connectivity index (χ3v) is 1.93. The monoisotopic (exact) mass is 194 g/mol. The number of hydrogen-bond acceptors (Lipinski definition) is 4. The van der Waals surface area contributed by atoms with Crippen LogP contribution in [-0.2, 0) is 9.53 Å². The largest absolute Gasteiger partial charge is 0.469 e. The molecule has 0 saturated carbocycles. The standard InChI is InChI=1S/C10H14N2O2/c1-7-3-4-12-9(5-7)8(11)6-10(13)14-2/h3-5,8H,6,11H2,1-2H3/t8-/m1/s1. The van der Waals surface area contributed by atoms with Crippen molar-refractivity contribution in [3.05, 3.63) is 29.6 Å². The topological polar surface area (TPSA) is 65.2 Å². The summed E-state index contributed by atoms with van der Waals surface area (Å²) in [6.07, 6.45) is 1.84. The molecule has 0 bridgehead atoms. The minimum Gasteiger partial charge on any atom is -0.469 e. The molecule has 0 aliphatic rings. The van der Waals surface area contributed by atoms with Gasteiger partial charge in [-0.05, 0) is 24.6 Å². The fourth-order valence-electron chi connectivity index (χ4n) is 1.13. The van der Waals surface area contributed by atoms with Gasteiger partial charge in [0, 0.05) is 6.20 Å². The maximum Gasteiger partial charge on any atom is 0.307 e. The van der Waals surface area contributed by atoms with Gasteiger partial charge in [-0.25, -0.2) is 0 Å². The van der Waals surface area contributed by atoms with E-state index in [-0.39, 0.29) is 18.4 Å². The highest BCUT2D eigenvalue weighted by molar-refractivity contribution is 5.70. The predicted octanol–water partition coefficient (Wildman–Crippen LogP) is 0.953. The number of hydrogen-bond donors (Lipinski definition) is 1. The average molecular weight is 194 g/mol. The van der Waals surface area contributed by atoms with Crippen LogP contribution in [0.15, 0.2) is 18.3 Å². The number of methoxy groups -OCH3 is 1. The van der Waals surface area contributed by atoms with E-state index in [1.165, 1.54) is 7.11 Å². The Labute approximate surface area is 83.1 Å². The molecular weight excluding hydrogens is 180 g/mol. The fraction of sp³-hybridized carbons (Fsp3) is 0.400. The molecule has 76 valence electrons. The average Bonchev–Trinajstić information content (AvgIpc) is 2.17. The highest BCUT2D eigenvalue weighted by Gasteiger charge is 2.12. The number of nitrogens with zero attached hydrogens (tertiary/aromatic N) is 1. The van der Waals surface area contributed by atoms with Gasteiger partial charge >= 0.3 is 5.97 Å². The van der Waals surface area contributed by atoms with Gasteiger partial charge in [0.25, 0.3) is 0 Å². The van der Waals surface area contributed by atoms with Crippen molar-refractivity contribution >= 4 is 5.97 Å². The minimum absolute atomic E-state index is 0.160. The van der Waals surface area contributed by atoms with E-state index in [9.17, 15) is 4.79 Å². The molecule has 1 atom stereocenters. The third-order valence-electron chi connectivity index (χ3n) is 1.93. The maximum absolute atomic E-state index is 11.0. The lowest BCUT2D eigenvalue weighted by Crippen LogP contribution is -2.17. The molecule has 0 fully saturated rings. The number of ether oxygens (including phenoxy) is 1. The molecule has 14 heavy (non-hydrogen) atoms. The number of esters is 1. The van der Waals surface area contributed by atoms with Crippen LogP contribution in [-0.4, -0.2) is 18.1 Å². The van der Waals surface area contributed by atoms with Crippen molar-refractivity contribution in [1.82, 2.24) is 4.98 Å². The minimum atomic E-state index is -0.387. The molecule has 1 aromatic rings. The molecule has 2 N–H and O–H groups in total. The second-order valence-electron chi connectivity index (χ2n) is 3.14. The smallest absolute Gasteiger partial charge is 0.307 e. The Kier molecular flexibility index (Phi) is 3.59. The molecule has 0 amide bonds. The third kappa shape index (κ3) is 2.81. The molecule has 4 heteroatoms. The van der Waals surface area contributed by atoms with Crippen LogP contribution in [0.1, 0.15) is 23.7 Å². The molecule has 1 rings (SSSR count). The van der Waals surface area contributed by atoms with Crippen molar-refractivity contribution < 1.29 is 9.53 Å². The molecule has 4 nitrogen and oxygen atoms in total. The van der Waals surface area contributed by atoms with Gasteiger partial charge in [-0.2, -0.15) is 0 Å². The number of rotatable bonds is 3. The Hall–Kier alpha value is -1.42. The van der Waals surface area contributed by atoms with E-state index in [1.807, 2.05) is 19.1 Å². The summed E-state index contributed by atoms with van der Waals surface area (Å²) in [5, 5.41) is 0. The van der Waals surface area contributed by atoms with Gasteiger partial charge in [-0.1, -0.05) is 0 Å². The van der Waals surface area contributed by atoms with Crippen LogP contribution in [0.5, 0.6) is 0 Å². The van der Waals surface area contributed by atoms with Crippen molar-refractivity contribution in [3.8, 4) is 0 Å². The number of aromatic nitrogens is 1. The van der Waals surface area contributed by atoms with Crippen molar-refractivity contribution in [1.29, 1.82) is 0 Å². The molecule has 1 heterocycles. The van der Waals surface area contributed by atoms with Crippen LogP contribution < -0.4 is 5.73 Å². The highest BCUT2D eigenvalue weighted by atomic mass is 16.5. The quantitative estimate of drug-likeness (QED) is 0.727. The van der Waals surface area contributed by atoms with Gasteiger partial charge in [0.1, 0.15) is 0 Å². The zero-order valence-electron chi connectivity index (χ0n) is 8.36. The summed E-state index contributed by atoms with van der Waals surface area (Å²) in [5.41, 5.74) is 7.57. The van der Waals surface area contributed by atoms with E-state index in [2.05, 4.69) is 9.72 Å². The molecule has 0 aromatic carbocycles. The Balaban J connectivity index is 2.69. The first-order valence-corrected chi connectivity index (χ1v) is 4.38. The van der Waals surface area contributed by atoms with E-state index in [0.717, 1.165) is 11.3 Å². The molecular formula is C10H14N2O2. The summed E-state index contributed by atoms with van der Waals surface area (Å²) in [6.45, 7) is 1.95. The highest BCUT2D eigenvalue weighted by Crippen LogP contribution is 2.12. The lowest BCUT2D eigenvalue weighted by Gasteiger charge is -2.09. The van der Waals surface area contributed by atoms with Crippen LogP contribution >= 0.6 is 0 Å². The van der Waals surface area contributed by atoms with Gasteiger partial charge in [0.15, 0.2) is 0 Å². The number of carbonyl (C=O) groups is 1. The summed E-state index contributed by atoms with van der Waals surface area (Å²) >= 11 is 0. The Morgan fingerprint density at radius 3 is 3.00 bits per heavy atom. The van der Waals surface area contributed by atoms with E-state index >= 15 is 0 Å².